The number of nitrogens with zero attached hydrogens (tertiary/aromatic N) is 1. The minimum Gasteiger partial charge on any atom is -0.507 e. The molecule has 5 nitrogen and oxygen atoms in total. The molecule has 1 aliphatic heterocycles. The molecule has 0 spiro atoms. The first-order valence-corrected chi connectivity index (χ1v) is 12.2. The second-order valence-corrected chi connectivity index (χ2v) is 10.5. The Morgan fingerprint density at radius 1 is 0.944 bits per heavy atom. The number of carbonyl (C=O) groups is 2. The summed E-state index contributed by atoms with van der Waals surface area (Å²) >= 11 is 0. The molecule has 1 saturated heterocycles. The maximum atomic E-state index is 13.5. The van der Waals surface area contributed by atoms with Gasteiger partial charge in [-0.25, -0.2) is 0 Å². The van der Waals surface area contributed by atoms with Crippen molar-refractivity contribution < 1.29 is 19.4 Å². The molecule has 0 aromatic heterocycles. The summed E-state index contributed by atoms with van der Waals surface area (Å²) in [7, 11) is 0. The number of aliphatic hydroxyl groups is 1. The van der Waals surface area contributed by atoms with Crippen molar-refractivity contribution in [3.05, 3.63) is 101 Å². The topological polar surface area (TPSA) is 66.8 Å². The van der Waals surface area contributed by atoms with Gasteiger partial charge in [0.1, 0.15) is 11.5 Å². The smallest absolute Gasteiger partial charge is 0.300 e. The minimum atomic E-state index is -0.805. The Kier molecular flexibility index (Phi) is 6.77. The quantitative estimate of drug-likeness (QED) is 0.249. The highest BCUT2D eigenvalue weighted by molar-refractivity contribution is 6.51. The van der Waals surface area contributed by atoms with Gasteiger partial charge in [-0.3, -0.25) is 14.5 Å². The second kappa shape index (κ2) is 9.65. The fourth-order valence-corrected chi connectivity index (χ4v) is 4.52. The second-order valence-electron chi connectivity index (χ2n) is 10.5. The largest absolute Gasteiger partial charge is 0.507 e. The highest BCUT2D eigenvalue weighted by Crippen LogP contribution is 2.43. The number of aryl methyl sites for hydroxylation is 1. The number of hydrogen-bond donors (Lipinski definition) is 1. The molecule has 0 bridgehead atoms. The van der Waals surface area contributed by atoms with E-state index in [2.05, 4.69) is 20.8 Å². The van der Waals surface area contributed by atoms with Crippen molar-refractivity contribution >= 4 is 23.1 Å². The van der Waals surface area contributed by atoms with Crippen molar-refractivity contribution in [2.75, 3.05) is 4.90 Å². The first-order chi connectivity index (χ1) is 17.0. The molecule has 0 saturated carbocycles. The summed E-state index contributed by atoms with van der Waals surface area (Å²) in [6.07, 6.45) is -0.0384. The molecule has 1 fully saturated rings. The molecule has 5 heteroatoms. The zero-order chi connectivity index (χ0) is 26.2. The number of aliphatic hydroxyl groups excluding tert-OH is 1. The summed E-state index contributed by atoms with van der Waals surface area (Å²) in [4.78, 5) is 28.4. The van der Waals surface area contributed by atoms with E-state index in [9.17, 15) is 14.7 Å². The third kappa shape index (κ3) is 4.78. The number of carbonyl (C=O) groups excluding carboxylic acids is 2. The summed E-state index contributed by atoms with van der Waals surface area (Å²) in [6, 6.07) is 21.5. The van der Waals surface area contributed by atoms with Crippen molar-refractivity contribution in [2.45, 2.75) is 59.1 Å². The van der Waals surface area contributed by atoms with Crippen LogP contribution in [0.5, 0.6) is 5.75 Å². The van der Waals surface area contributed by atoms with Gasteiger partial charge in [-0.1, -0.05) is 63.2 Å². The summed E-state index contributed by atoms with van der Waals surface area (Å²) < 4.78 is 5.89. The molecule has 0 radical (unpaired) electrons. The molecule has 1 unspecified atom stereocenters. The molecule has 1 aliphatic rings. The van der Waals surface area contributed by atoms with Gasteiger partial charge in [0.2, 0.25) is 0 Å². The number of Topliss-reactive ketones (excluding diaryl/α,β-unsaturated/α-hetero) is 1. The molecule has 1 N–H and O–H groups in total. The third-order valence-electron chi connectivity index (χ3n) is 6.38. The van der Waals surface area contributed by atoms with Gasteiger partial charge in [0.05, 0.1) is 17.7 Å². The first kappa shape index (κ1) is 25.2. The first-order valence-electron chi connectivity index (χ1n) is 12.2. The van der Waals surface area contributed by atoms with E-state index in [0.29, 0.717) is 22.6 Å². The number of benzene rings is 3. The lowest BCUT2D eigenvalue weighted by atomic mass is 9.84. The minimum absolute atomic E-state index is 0.0384. The molecule has 1 amide bonds. The van der Waals surface area contributed by atoms with Gasteiger partial charge in [0.15, 0.2) is 0 Å². The van der Waals surface area contributed by atoms with E-state index in [1.165, 1.54) is 4.90 Å². The summed E-state index contributed by atoms with van der Waals surface area (Å²) in [5, 5.41) is 11.6. The van der Waals surface area contributed by atoms with E-state index >= 15 is 0 Å². The number of rotatable bonds is 5. The van der Waals surface area contributed by atoms with Crippen LogP contribution in [0.15, 0.2) is 78.4 Å². The number of para-hydroxylation sites is 1. The van der Waals surface area contributed by atoms with Gasteiger partial charge in [-0.15, -0.1) is 0 Å². The van der Waals surface area contributed by atoms with Crippen LogP contribution < -0.4 is 9.64 Å². The molecule has 186 valence electrons. The van der Waals surface area contributed by atoms with Crippen molar-refractivity contribution in [3.63, 3.8) is 0 Å². The van der Waals surface area contributed by atoms with E-state index in [1.54, 1.807) is 12.1 Å². The average Bonchev–Trinajstić information content (AvgIpc) is 3.09. The van der Waals surface area contributed by atoms with Gasteiger partial charge in [-0.05, 0) is 73.2 Å². The summed E-state index contributed by atoms with van der Waals surface area (Å²) in [6.45, 7) is 12.0. The van der Waals surface area contributed by atoms with E-state index in [4.69, 9.17) is 4.74 Å². The highest BCUT2D eigenvalue weighted by Gasteiger charge is 2.47. The molecule has 4 rings (SSSR count). The van der Waals surface area contributed by atoms with E-state index < -0.39 is 17.7 Å². The van der Waals surface area contributed by atoms with Crippen LogP contribution in [0, 0.1) is 6.92 Å². The zero-order valence-electron chi connectivity index (χ0n) is 21.7. The highest BCUT2D eigenvalue weighted by atomic mass is 16.5. The maximum Gasteiger partial charge on any atom is 0.300 e. The van der Waals surface area contributed by atoms with Crippen molar-refractivity contribution in [1.82, 2.24) is 0 Å². The molecule has 3 aromatic rings. The van der Waals surface area contributed by atoms with Crippen LogP contribution in [0.3, 0.4) is 0 Å². The molecular formula is C31H33NO4. The van der Waals surface area contributed by atoms with Crippen molar-refractivity contribution in [1.29, 1.82) is 0 Å². The Hall–Kier alpha value is -3.86. The van der Waals surface area contributed by atoms with Crippen LogP contribution in [-0.4, -0.2) is 22.9 Å². The lowest BCUT2D eigenvalue weighted by Crippen LogP contribution is -2.29. The fraction of sp³-hybridized carbons (Fsp3) is 0.290. The number of amides is 1. The van der Waals surface area contributed by atoms with Crippen LogP contribution in [0.4, 0.5) is 5.69 Å². The third-order valence-corrected chi connectivity index (χ3v) is 6.38. The van der Waals surface area contributed by atoms with Crippen molar-refractivity contribution in [3.8, 4) is 5.75 Å². The Morgan fingerprint density at radius 2 is 1.64 bits per heavy atom. The van der Waals surface area contributed by atoms with Crippen LogP contribution in [0.25, 0.3) is 5.76 Å². The SMILES string of the molecule is Cc1ccc(C(C)(C)C)cc1/C(O)=C1\C(=O)C(=O)N(c2ccccc2)C1c1cccc(OC(C)C)c1. The Balaban J connectivity index is 1.97. The van der Waals surface area contributed by atoms with Gasteiger partial charge in [0.25, 0.3) is 11.7 Å². The maximum absolute atomic E-state index is 13.5. The molecule has 1 heterocycles. The standard InChI is InChI=1S/C31H33NO4/c1-19(2)36-24-14-10-11-21(17-24)27-26(29(34)30(35)32(27)23-12-8-7-9-13-23)28(33)25-18-22(31(4,5)6)16-15-20(25)3/h7-19,27,33H,1-6H3/b28-26+. The number of anilines is 1. The summed E-state index contributed by atoms with van der Waals surface area (Å²) in [5.41, 5.74) is 3.58. The number of hydrogen-bond acceptors (Lipinski definition) is 4. The van der Waals surface area contributed by atoms with E-state index in [1.807, 2.05) is 81.4 Å². The Morgan fingerprint density at radius 3 is 2.28 bits per heavy atom. The van der Waals surface area contributed by atoms with Gasteiger partial charge in [0, 0.05) is 11.3 Å². The van der Waals surface area contributed by atoms with Gasteiger partial charge >= 0.3 is 0 Å². The number of ether oxygens (including phenoxy) is 1. The zero-order valence-corrected chi connectivity index (χ0v) is 21.7. The predicted molar refractivity (Wildman–Crippen MR) is 143 cm³/mol. The Labute approximate surface area is 213 Å². The summed E-state index contributed by atoms with van der Waals surface area (Å²) in [5.74, 6) is -0.924. The molecule has 0 aliphatic carbocycles. The van der Waals surface area contributed by atoms with E-state index in [-0.39, 0.29) is 22.9 Å². The van der Waals surface area contributed by atoms with Crippen LogP contribution in [-0.2, 0) is 15.0 Å². The predicted octanol–water partition coefficient (Wildman–Crippen LogP) is 6.71. The average molecular weight is 484 g/mol. The van der Waals surface area contributed by atoms with Crippen LogP contribution in [0.1, 0.15) is 62.9 Å². The van der Waals surface area contributed by atoms with Gasteiger partial charge in [-0.2, -0.15) is 0 Å². The van der Waals surface area contributed by atoms with Crippen LogP contribution in [0.2, 0.25) is 0 Å². The molecule has 3 aromatic carbocycles. The van der Waals surface area contributed by atoms with E-state index in [0.717, 1.165) is 11.1 Å². The normalized spacial score (nSPS) is 17.6. The molecule has 36 heavy (non-hydrogen) atoms. The van der Waals surface area contributed by atoms with Crippen molar-refractivity contribution in [2.24, 2.45) is 0 Å². The molecular weight excluding hydrogens is 450 g/mol. The lowest BCUT2D eigenvalue weighted by Gasteiger charge is -2.26. The van der Waals surface area contributed by atoms with Crippen LogP contribution >= 0.6 is 0 Å². The lowest BCUT2D eigenvalue weighted by molar-refractivity contribution is -0.132. The Bertz CT molecular complexity index is 1330. The molecule has 1 atom stereocenters. The van der Waals surface area contributed by atoms with Gasteiger partial charge < -0.3 is 9.84 Å². The number of ketones is 1. The monoisotopic (exact) mass is 483 g/mol. The fourth-order valence-electron chi connectivity index (χ4n) is 4.52.